The molecule has 6 heteroatoms. The zero-order valence-electron chi connectivity index (χ0n) is 11.0. The van der Waals surface area contributed by atoms with Crippen molar-refractivity contribution in [2.45, 2.75) is 12.5 Å². The summed E-state index contributed by atoms with van der Waals surface area (Å²) in [4.78, 5) is 14.3. The number of halogens is 2. The third kappa shape index (κ3) is 4.27. The molecule has 2 rings (SSSR count). The zero-order valence-corrected chi connectivity index (χ0v) is 13.4. The first-order valence-corrected chi connectivity index (χ1v) is 7.70. The second-order valence-electron chi connectivity index (χ2n) is 4.77. The molecule has 4 nitrogen and oxygen atoms in total. The van der Waals surface area contributed by atoms with Crippen molar-refractivity contribution in [2.75, 3.05) is 32.8 Å². The van der Waals surface area contributed by atoms with Crippen LogP contribution in [0.4, 0.5) is 0 Å². The average molecular weight is 363 g/mol. The van der Waals surface area contributed by atoms with Crippen molar-refractivity contribution in [1.82, 2.24) is 4.90 Å². The van der Waals surface area contributed by atoms with Crippen molar-refractivity contribution >= 4 is 33.3 Å². The number of rotatable bonds is 5. The maximum absolute atomic E-state index is 12.2. The molecular weight excluding hydrogens is 346 g/mol. The molecule has 1 aliphatic heterocycles. The molecule has 0 spiro atoms. The van der Waals surface area contributed by atoms with Gasteiger partial charge in [-0.2, -0.15) is 0 Å². The third-order valence-corrected chi connectivity index (χ3v) is 4.12. The van der Waals surface area contributed by atoms with Gasteiger partial charge in [0.1, 0.15) is 0 Å². The van der Waals surface area contributed by atoms with Crippen molar-refractivity contribution < 1.29 is 14.6 Å². The molecule has 20 heavy (non-hydrogen) atoms. The number of Topliss-reactive ketones (excluding diaryl/α,β-unsaturated/α-hetero) is 1. The Labute approximate surface area is 131 Å². The zero-order chi connectivity index (χ0) is 14.5. The molecule has 0 aliphatic carbocycles. The molecule has 110 valence electrons. The number of aliphatic hydroxyl groups is 1. The number of carbonyl (C=O) groups excluding carboxylic acids is 1. The third-order valence-electron chi connectivity index (χ3n) is 3.31. The average Bonchev–Trinajstić information content (AvgIpc) is 2.45. The van der Waals surface area contributed by atoms with E-state index in [9.17, 15) is 4.79 Å². The highest BCUT2D eigenvalue weighted by Gasteiger charge is 2.20. The Balaban J connectivity index is 1.88. The van der Waals surface area contributed by atoms with Crippen LogP contribution < -0.4 is 0 Å². The van der Waals surface area contributed by atoms with E-state index in [0.717, 1.165) is 11.0 Å². The first kappa shape index (κ1) is 15.9. The van der Waals surface area contributed by atoms with Gasteiger partial charge < -0.3 is 9.84 Å². The van der Waals surface area contributed by atoms with E-state index in [-0.39, 0.29) is 18.5 Å². The Hall–Kier alpha value is -0.460. The van der Waals surface area contributed by atoms with Gasteiger partial charge in [-0.15, -0.1) is 0 Å². The minimum absolute atomic E-state index is 0.0169. The normalized spacial score (nSPS) is 20.1. The molecule has 1 N–H and O–H groups in total. The molecule has 1 aliphatic rings. The summed E-state index contributed by atoms with van der Waals surface area (Å²) in [6.45, 7) is 2.72. The van der Waals surface area contributed by atoms with E-state index in [1.54, 1.807) is 12.1 Å². The number of hydrogen-bond acceptors (Lipinski definition) is 4. The van der Waals surface area contributed by atoms with Crippen LogP contribution in [0, 0.1) is 0 Å². The fourth-order valence-corrected chi connectivity index (χ4v) is 2.98. The number of carbonyl (C=O) groups is 1. The maximum Gasteiger partial charge on any atom is 0.165 e. The largest absolute Gasteiger partial charge is 0.394 e. The fraction of sp³-hybridized carbons (Fsp3) is 0.500. The summed E-state index contributed by atoms with van der Waals surface area (Å²) in [6, 6.07) is 5.28. The van der Waals surface area contributed by atoms with Crippen molar-refractivity contribution in [2.24, 2.45) is 0 Å². The van der Waals surface area contributed by atoms with Crippen LogP contribution >= 0.6 is 27.5 Å². The van der Waals surface area contributed by atoms with Gasteiger partial charge in [0.05, 0.1) is 24.3 Å². The predicted molar refractivity (Wildman–Crippen MR) is 81.4 cm³/mol. The molecule has 1 saturated heterocycles. The highest BCUT2D eigenvalue weighted by Crippen LogP contribution is 2.22. The summed E-state index contributed by atoms with van der Waals surface area (Å²) < 4.78 is 6.24. The van der Waals surface area contributed by atoms with E-state index in [0.29, 0.717) is 36.7 Å². The van der Waals surface area contributed by atoms with Crippen LogP contribution in [0.15, 0.2) is 22.7 Å². The predicted octanol–water partition coefficient (Wildman–Crippen LogP) is 2.37. The Morgan fingerprint density at radius 2 is 2.35 bits per heavy atom. The van der Waals surface area contributed by atoms with Crippen LogP contribution in [-0.2, 0) is 4.74 Å². The van der Waals surface area contributed by atoms with Crippen LogP contribution in [0.3, 0.4) is 0 Å². The summed E-state index contributed by atoms with van der Waals surface area (Å²) in [7, 11) is 0. The second-order valence-corrected chi connectivity index (χ2v) is 6.10. The summed E-state index contributed by atoms with van der Waals surface area (Å²) in [5.74, 6) is 0.0366. The number of hydrogen-bond donors (Lipinski definition) is 1. The molecule has 1 unspecified atom stereocenters. The minimum atomic E-state index is -0.143. The summed E-state index contributed by atoms with van der Waals surface area (Å²) >= 11 is 9.39. The Bertz CT molecular complexity index is 483. The minimum Gasteiger partial charge on any atom is -0.394 e. The number of morpholine rings is 1. The van der Waals surface area contributed by atoms with E-state index < -0.39 is 0 Å². The van der Waals surface area contributed by atoms with Gasteiger partial charge in [-0.05, 0) is 18.2 Å². The van der Waals surface area contributed by atoms with Crippen LogP contribution in [0.1, 0.15) is 16.8 Å². The molecule has 0 aromatic heterocycles. The molecule has 0 amide bonds. The van der Waals surface area contributed by atoms with E-state index in [1.807, 2.05) is 6.07 Å². The first-order chi connectivity index (χ1) is 9.60. The van der Waals surface area contributed by atoms with E-state index >= 15 is 0 Å². The molecular formula is C14H17BrClNO3. The number of ether oxygens (including phenoxy) is 1. The molecule has 1 aromatic carbocycles. The van der Waals surface area contributed by atoms with Gasteiger partial charge >= 0.3 is 0 Å². The number of ketones is 1. The van der Waals surface area contributed by atoms with Crippen molar-refractivity contribution in [1.29, 1.82) is 0 Å². The lowest BCUT2D eigenvalue weighted by Crippen LogP contribution is -2.44. The lowest BCUT2D eigenvalue weighted by atomic mass is 10.1. The topological polar surface area (TPSA) is 49.8 Å². The van der Waals surface area contributed by atoms with E-state index in [4.69, 9.17) is 21.4 Å². The molecule has 1 aromatic rings. The van der Waals surface area contributed by atoms with Gasteiger partial charge in [-0.3, -0.25) is 9.69 Å². The smallest absolute Gasteiger partial charge is 0.165 e. The van der Waals surface area contributed by atoms with Crippen LogP contribution in [-0.4, -0.2) is 54.7 Å². The SMILES string of the molecule is O=C(CCN1CCOC(CO)C1)c1ccc(Br)cc1Cl. The van der Waals surface area contributed by atoms with Gasteiger partial charge in [0, 0.05) is 36.1 Å². The molecule has 0 radical (unpaired) electrons. The molecule has 0 saturated carbocycles. The van der Waals surface area contributed by atoms with Gasteiger partial charge in [0.25, 0.3) is 0 Å². The van der Waals surface area contributed by atoms with Gasteiger partial charge in [0.15, 0.2) is 5.78 Å². The number of nitrogens with zero attached hydrogens (tertiary/aromatic N) is 1. The Morgan fingerprint density at radius 1 is 1.55 bits per heavy atom. The quantitative estimate of drug-likeness (QED) is 0.817. The molecule has 1 atom stereocenters. The summed E-state index contributed by atoms with van der Waals surface area (Å²) in [5, 5.41) is 9.56. The Kier molecular flexibility index (Phi) is 5.99. The van der Waals surface area contributed by atoms with E-state index in [1.165, 1.54) is 0 Å². The van der Waals surface area contributed by atoms with Gasteiger partial charge in [0.2, 0.25) is 0 Å². The lowest BCUT2D eigenvalue weighted by Gasteiger charge is -2.31. The standard InChI is InChI=1S/C14H17BrClNO3/c15-10-1-2-12(13(16)7-10)14(19)3-4-17-5-6-20-11(8-17)9-18/h1-2,7,11,18H,3-6,8-9H2. The van der Waals surface area contributed by atoms with Crippen molar-refractivity contribution in [3.63, 3.8) is 0 Å². The molecule has 1 heterocycles. The second kappa shape index (κ2) is 7.52. The first-order valence-electron chi connectivity index (χ1n) is 6.53. The van der Waals surface area contributed by atoms with Crippen molar-refractivity contribution in [3.8, 4) is 0 Å². The highest BCUT2D eigenvalue weighted by molar-refractivity contribution is 9.10. The number of benzene rings is 1. The summed E-state index contributed by atoms with van der Waals surface area (Å²) in [5.41, 5.74) is 0.557. The van der Waals surface area contributed by atoms with Gasteiger partial charge in [-0.1, -0.05) is 27.5 Å². The van der Waals surface area contributed by atoms with Crippen LogP contribution in [0.5, 0.6) is 0 Å². The highest BCUT2D eigenvalue weighted by atomic mass is 79.9. The number of aliphatic hydroxyl groups excluding tert-OH is 1. The maximum atomic E-state index is 12.2. The Morgan fingerprint density at radius 3 is 3.05 bits per heavy atom. The van der Waals surface area contributed by atoms with Gasteiger partial charge in [-0.25, -0.2) is 0 Å². The summed E-state index contributed by atoms with van der Waals surface area (Å²) in [6.07, 6.45) is 0.273. The van der Waals surface area contributed by atoms with E-state index in [2.05, 4.69) is 20.8 Å². The molecule has 1 fully saturated rings. The lowest BCUT2D eigenvalue weighted by molar-refractivity contribution is -0.0523. The molecule has 0 bridgehead atoms. The van der Waals surface area contributed by atoms with Crippen molar-refractivity contribution in [3.05, 3.63) is 33.3 Å². The monoisotopic (exact) mass is 361 g/mol. The van der Waals surface area contributed by atoms with Crippen LogP contribution in [0.25, 0.3) is 0 Å². The van der Waals surface area contributed by atoms with Crippen LogP contribution in [0.2, 0.25) is 5.02 Å². The fourth-order valence-electron chi connectivity index (χ4n) is 2.20.